The fourth-order valence-electron chi connectivity index (χ4n) is 1.41. The van der Waals surface area contributed by atoms with Gasteiger partial charge >= 0.3 is 0 Å². The number of aryl methyl sites for hydroxylation is 1. The highest BCUT2D eigenvalue weighted by Gasteiger charge is 2.03. The topological polar surface area (TPSA) is 37.5 Å². The maximum atomic E-state index is 8.70. The second-order valence-corrected chi connectivity index (χ2v) is 3.55. The Kier molecular flexibility index (Phi) is 2.70. The van der Waals surface area contributed by atoms with E-state index in [0.29, 0.717) is 5.02 Å². The summed E-state index contributed by atoms with van der Waals surface area (Å²) in [7, 11) is 0. The van der Waals surface area contributed by atoms with E-state index in [-0.39, 0.29) is 6.61 Å². The molecule has 0 saturated heterocycles. The molecule has 0 aliphatic heterocycles. The van der Waals surface area contributed by atoms with Crippen LogP contribution in [0.15, 0.2) is 24.5 Å². The molecule has 2 heterocycles. The van der Waals surface area contributed by atoms with Gasteiger partial charge in [-0.25, -0.2) is 4.98 Å². The van der Waals surface area contributed by atoms with E-state index < -0.39 is 0 Å². The molecule has 0 saturated carbocycles. The maximum Gasteiger partial charge on any atom is 0.155 e. The number of pyridine rings is 1. The Bertz CT molecular complexity index is 439. The molecule has 0 spiro atoms. The van der Waals surface area contributed by atoms with Crippen LogP contribution in [-0.2, 0) is 6.42 Å². The third-order valence-corrected chi connectivity index (χ3v) is 2.37. The standard InChI is InChI=1S/C10H11ClN2O/c11-9-4-1-5-13-7-8(3-2-6-14)12-10(9)13/h1,4-5,7,14H,2-3,6H2. The van der Waals surface area contributed by atoms with Gasteiger partial charge in [-0.2, -0.15) is 0 Å². The van der Waals surface area contributed by atoms with Gasteiger partial charge in [-0.05, 0) is 25.0 Å². The van der Waals surface area contributed by atoms with Gasteiger partial charge in [0, 0.05) is 19.0 Å². The Morgan fingerprint density at radius 1 is 1.50 bits per heavy atom. The summed E-state index contributed by atoms with van der Waals surface area (Å²) in [5, 5.41) is 9.35. The van der Waals surface area contributed by atoms with Crippen LogP contribution in [0.3, 0.4) is 0 Å². The Hall–Kier alpha value is -1.06. The van der Waals surface area contributed by atoms with Crippen molar-refractivity contribution in [2.24, 2.45) is 0 Å². The van der Waals surface area contributed by atoms with Gasteiger partial charge < -0.3 is 9.51 Å². The molecule has 14 heavy (non-hydrogen) atoms. The van der Waals surface area contributed by atoms with E-state index in [2.05, 4.69) is 4.98 Å². The molecule has 2 aromatic heterocycles. The van der Waals surface area contributed by atoms with Crippen molar-refractivity contribution in [3.8, 4) is 0 Å². The highest BCUT2D eigenvalue weighted by Crippen LogP contribution is 2.16. The summed E-state index contributed by atoms with van der Waals surface area (Å²) in [6, 6.07) is 3.70. The van der Waals surface area contributed by atoms with Crippen LogP contribution in [0.4, 0.5) is 0 Å². The van der Waals surface area contributed by atoms with Gasteiger partial charge in [-0.1, -0.05) is 11.6 Å². The van der Waals surface area contributed by atoms with Crippen molar-refractivity contribution in [2.45, 2.75) is 12.8 Å². The molecule has 0 aliphatic carbocycles. The lowest BCUT2D eigenvalue weighted by atomic mass is 10.3. The SMILES string of the molecule is OCCCc1cn2cccc(Cl)c2n1. The summed E-state index contributed by atoms with van der Waals surface area (Å²) in [5.41, 5.74) is 1.74. The smallest absolute Gasteiger partial charge is 0.155 e. The molecule has 0 unspecified atom stereocenters. The van der Waals surface area contributed by atoms with E-state index in [1.165, 1.54) is 0 Å². The second-order valence-electron chi connectivity index (χ2n) is 3.15. The van der Waals surface area contributed by atoms with Gasteiger partial charge in [0.25, 0.3) is 0 Å². The number of aliphatic hydroxyl groups excluding tert-OH is 1. The minimum absolute atomic E-state index is 0.196. The first-order valence-corrected chi connectivity index (χ1v) is 4.92. The van der Waals surface area contributed by atoms with Crippen molar-refractivity contribution in [1.29, 1.82) is 0 Å². The zero-order chi connectivity index (χ0) is 9.97. The third kappa shape index (κ3) is 1.74. The average Bonchev–Trinajstić information content (AvgIpc) is 2.59. The Morgan fingerprint density at radius 2 is 2.36 bits per heavy atom. The summed E-state index contributed by atoms with van der Waals surface area (Å²) >= 11 is 5.97. The molecule has 1 N–H and O–H groups in total. The molecule has 0 bridgehead atoms. The van der Waals surface area contributed by atoms with Crippen LogP contribution >= 0.6 is 11.6 Å². The second kappa shape index (κ2) is 3.98. The normalized spacial score (nSPS) is 11.0. The lowest BCUT2D eigenvalue weighted by Crippen LogP contribution is -1.88. The number of rotatable bonds is 3. The lowest BCUT2D eigenvalue weighted by Gasteiger charge is -1.92. The molecule has 2 aromatic rings. The molecule has 0 atom stereocenters. The van der Waals surface area contributed by atoms with Crippen LogP contribution in [0.2, 0.25) is 5.02 Å². The predicted octanol–water partition coefficient (Wildman–Crippen LogP) is 1.91. The molecule has 2 rings (SSSR count). The zero-order valence-electron chi connectivity index (χ0n) is 7.65. The molecular formula is C10H11ClN2O. The van der Waals surface area contributed by atoms with Crippen LogP contribution in [0.1, 0.15) is 12.1 Å². The van der Waals surface area contributed by atoms with E-state index in [1.807, 2.05) is 28.9 Å². The number of halogens is 1. The summed E-state index contributed by atoms with van der Waals surface area (Å²) in [4.78, 5) is 4.37. The molecule has 3 nitrogen and oxygen atoms in total. The molecule has 0 radical (unpaired) electrons. The minimum Gasteiger partial charge on any atom is -0.396 e. The van der Waals surface area contributed by atoms with Crippen molar-refractivity contribution >= 4 is 17.2 Å². The van der Waals surface area contributed by atoms with E-state index in [0.717, 1.165) is 24.2 Å². The fraction of sp³-hybridized carbons (Fsp3) is 0.300. The highest BCUT2D eigenvalue weighted by atomic mass is 35.5. The van der Waals surface area contributed by atoms with Crippen molar-refractivity contribution in [2.75, 3.05) is 6.61 Å². The van der Waals surface area contributed by atoms with E-state index in [9.17, 15) is 0 Å². The van der Waals surface area contributed by atoms with E-state index in [1.54, 1.807) is 0 Å². The summed E-state index contributed by atoms with van der Waals surface area (Å²) in [6.45, 7) is 0.196. The monoisotopic (exact) mass is 210 g/mol. The quantitative estimate of drug-likeness (QED) is 0.841. The summed E-state index contributed by atoms with van der Waals surface area (Å²) in [5.74, 6) is 0. The van der Waals surface area contributed by atoms with Crippen LogP contribution in [0, 0.1) is 0 Å². The summed E-state index contributed by atoms with van der Waals surface area (Å²) in [6.07, 6.45) is 5.38. The van der Waals surface area contributed by atoms with Gasteiger partial charge in [0.1, 0.15) is 0 Å². The van der Waals surface area contributed by atoms with Gasteiger partial charge in [-0.15, -0.1) is 0 Å². The molecule has 0 aromatic carbocycles. The first kappa shape index (κ1) is 9.49. The third-order valence-electron chi connectivity index (χ3n) is 2.08. The van der Waals surface area contributed by atoms with Crippen LogP contribution < -0.4 is 0 Å². The molecule has 0 amide bonds. The number of imidazole rings is 1. The number of hydrogen-bond acceptors (Lipinski definition) is 2. The molecular weight excluding hydrogens is 200 g/mol. The predicted molar refractivity (Wildman–Crippen MR) is 55.6 cm³/mol. The Balaban J connectivity index is 2.36. The van der Waals surface area contributed by atoms with Crippen LogP contribution in [-0.4, -0.2) is 21.1 Å². The fourth-order valence-corrected chi connectivity index (χ4v) is 1.62. The van der Waals surface area contributed by atoms with E-state index >= 15 is 0 Å². The van der Waals surface area contributed by atoms with Crippen LogP contribution in [0.5, 0.6) is 0 Å². The maximum absolute atomic E-state index is 8.70. The van der Waals surface area contributed by atoms with Gasteiger partial charge in [0.05, 0.1) is 10.7 Å². The van der Waals surface area contributed by atoms with E-state index in [4.69, 9.17) is 16.7 Å². The van der Waals surface area contributed by atoms with Gasteiger partial charge in [0.2, 0.25) is 0 Å². The number of aromatic nitrogens is 2. The van der Waals surface area contributed by atoms with Crippen LogP contribution in [0.25, 0.3) is 5.65 Å². The van der Waals surface area contributed by atoms with Crippen molar-refractivity contribution in [3.05, 3.63) is 35.2 Å². The largest absolute Gasteiger partial charge is 0.396 e. The van der Waals surface area contributed by atoms with Gasteiger partial charge in [0.15, 0.2) is 5.65 Å². The summed E-state index contributed by atoms with van der Waals surface area (Å²) < 4.78 is 1.90. The first-order valence-electron chi connectivity index (χ1n) is 4.54. The number of hydrogen-bond donors (Lipinski definition) is 1. The highest BCUT2D eigenvalue weighted by molar-refractivity contribution is 6.33. The van der Waals surface area contributed by atoms with Crippen molar-refractivity contribution in [1.82, 2.24) is 9.38 Å². The molecule has 4 heteroatoms. The van der Waals surface area contributed by atoms with Crippen molar-refractivity contribution < 1.29 is 5.11 Å². The molecule has 0 aliphatic rings. The zero-order valence-corrected chi connectivity index (χ0v) is 8.41. The van der Waals surface area contributed by atoms with Gasteiger partial charge in [-0.3, -0.25) is 0 Å². The minimum atomic E-state index is 0.196. The molecule has 74 valence electrons. The number of aliphatic hydroxyl groups is 1. The molecule has 0 fully saturated rings. The Labute approximate surface area is 87.0 Å². The number of nitrogens with zero attached hydrogens (tertiary/aromatic N) is 2. The van der Waals surface area contributed by atoms with Crippen molar-refractivity contribution in [3.63, 3.8) is 0 Å². The number of fused-ring (bicyclic) bond motifs is 1. The lowest BCUT2D eigenvalue weighted by molar-refractivity contribution is 0.288. The first-order chi connectivity index (χ1) is 6.81. The Morgan fingerprint density at radius 3 is 3.07 bits per heavy atom. The average molecular weight is 211 g/mol.